The van der Waals surface area contributed by atoms with Gasteiger partial charge in [0.05, 0.1) is 5.69 Å². The lowest BCUT2D eigenvalue weighted by Crippen LogP contribution is -2.16. The maximum absolute atomic E-state index is 13.4. The van der Waals surface area contributed by atoms with E-state index in [1.54, 1.807) is 0 Å². The molecule has 3 rings (SSSR count). The van der Waals surface area contributed by atoms with E-state index in [0.29, 0.717) is 5.92 Å². The zero-order valence-corrected chi connectivity index (χ0v) is 8.80. The van der Waals surface area contributed by atoms with Crippen molar-refractivity contribution in [2.75, 3.05) is 11.9 Å². The van der Waals surface area contributed by atoms with Crippen molar-refractivity contribution < 1.29 is 4.39 Å². The fraction of sp³-hybridized carbons (Fsp3) is 0.538. The molecule has 0 spiro atoms. The molecule has 1 nitrogen and oxygen atoms in total. The molecule has 1 saturated carbocycles. The van der Waals surface area contributed by atoms with Gasteiger partial charge in [0.2, 0.25) is 0 Å². The first kappa shape index (κ1) is 9.20. The number of para-hydroxylation sites is 1. The summed E-state index contributed by atoms with van der Waals surface area (Å²) in [7, 11) is 0. The number of fused-ring (bicyclic) bond motifs is 1. The molecular formula is C13H16FN. The lowest BCUT2D eigenvalue weighted by molar-refractivity contribution is 0.280. The highest BCUT2D eigenvalue weighted by Gasteiger charge is 2.28. The summed E-state index contributed by atoms with van der Waals surface area (Å²) in [6.45, 7) is 0.923. The van der Waals surface area contributed by atoms with Gasteiger partial charge < -0.3 is 5.32 Å². The van der Waals surface area contributed by atoms with Crippen molar-refractivity contribution >= 4 is 5.69 Å². The van der Waals surface area contributed by atoms with Crippen LogP contribution in [0.15, 0.2) is 18.2 Å². The summed E-state index contributed by atoms with van der Waals surface area (Å²) in [5.41, 5.74) is 1.95. The van der Waals surface area contributed by atoms with Crippen LogP contribution in [0.3, 0.4) is 0 Å². The molecule has 1 aliphatic carbocycles. The molecule has 1 aromatic rings. The van der Waals surface area contributed by atoms with E-state index in [1.165, 1.54) is 37.3 Å². The highest BCUT2D eigenvalue weighted by molar-refractivity contribution is 5.58. The first-order valence-electron chi connectivity index (χ1n) is 5.87. The predicted octanol–water partition coefficient (Wildman–Crippen LogP) is 3.53. The van der Waals surface area contributed by atoms with Gasteiger partial charge in [-0.3, -0.25) is 0 Å². The minimum atomic E-state index is -0.0939. The Bertz CT molecular complexity index is 371. The van der Waals surface area contributed by atoms with Gasteiger partial charge in [-0.15, -0.1) is 0 Å². The van der Waals surface area contributed by atoms with Gasteiger partial charge in [0.1, 0.15) is 5.82 Å². The molecule has 1 heterocycles. The van der Waals surface area contributed by atoms with Gasteiger partial charge in [0, 0.05) is 12.5 Å². The molecule has 0 bridgehead atoms. The smallest absolute Gasteiger partial charge is 0.146 e. The normalized spacial score (nSPS) is 24.5. The lowest BCUT2D eigenvalue weighted by Gasteiger charge is -2.27. The van der Waals surface area contributed by atoms with Crippen LogP contribution in [0.25, 0.3) is 0 Å². The second-order valence-corrected chi connectivity index (χ2v) is 4.81. The fourth-order valence-corrected chi connectivity index (χ4v) is 2.74. The molecule has 80 valence electrons. The van der Waals surface area contributed by atoms with Crippen LogP contribution >= 0.6 is 0 Å². The molecule has 1 N–H and O–H groups in total. The van der Waals surface area contributed by atoms with Crippen molar-refractivity contribution in [2.45, 2.75) is 31.6 Å². The number of anilines is 1. The third kappa shape index (κ3) is 1.52. The van der Waals surface area contributed by atoms with Crippen molar-refractivity contribution in [1.29, 1.82) is 0 Å². The molecule has 15 heavy (non-hydrogen) atoms. The van der Waals surface area contributed by atoms with Crippen molar-refractivity contribution in [3.8, 4) is 0 Å². The fourth-order valence-electron chi connectivity index (χ4n) is 2.74. The summed E-state index contributed by atoms with van der Waals surface area (Å²) in [5, 5.41) is 3.20. The van der Waals surface area contributed by atoms with E-state index >= 15 is 0 Å². The molecule has 1 aromatic carbocycles. The Morgan fingerprint density at radius 3 is 2.93 bits per heavy atom. The first-order valence-corrected chi connectivity index (χ1v) is 5.87. The molecule has 1 aliphatic heterocycles. The highest BCUT2D eigenvalue weighted by Crippen LogP contribution is 2.41. The standard InChI is InChI=1S/C13H16FN/c14-12-6-2-5-11-10(8-15-13(11)12)7-9-3-1-4-9/h2,5-6,9-10,15H,1,3-4,7-8H2. The molecule has 1 fully saturated rings. The minimum Gasteiger partial charge on any atom is -0.382 e. The summed E-state index contributed by atoms with van der Waals surface area (Å²) in [6.07, 6.45) is 5.38. The second-order valence-electron chi connectivity index (χ2n) is 4.81. The number of halogens is 1. The quantitative estimate of drug-likeness (QED) is 0.778. The summed E-state index contributed by atoms with van der Waals surface area (Å²) in [5.74, 6) is 1.34. The average Bonchev–Trinajstić information content (AvgIpc) is 2.56. The lowest BCUT2D eigenvalue weighted by atomic mass is 9.78. The van der Waals surface area contributed by atoms with E-state index in [1.807, 2.05) is 6.07 Å². The average molecular weight is 205 g/mol. The Hall–Kier alpha value is -1.05. The monoisotopic (exact) mass is 205 g/mol. The van der Waals surface area contributed by atoms with Crippen LogP contribution in [0.1, 0.15) is 37.2 Å². The van der Waals surface area contributed by atoms with Crippen molar-refractivity contribution in [3.05, 3.63) is 29.6 Å². The molecular weight excluding hydrogens is 189 g/mol. The number of rotatable bonds is 2. The summed E-state index contributed by atoms with van der Waals surface area (Å²) < 4.78 is 13.4. The van der Waals surface area contributed by atoms with Crippen LogP contribution < -0.4 is 5.32 Å². The Labute approximate surface area is 89.7 Å². The molecule has 0 saturated heterocycles. The number of hydrogen-bond donors (Lipinski definition) is 1. The minimum absolute atomic E-state index is 0.0939. The van der Waals surface area contributed by atoms with Gasteiger partial charge in [-0.05, 0) is 24.0 Å². The van der Waals surface area contributed by atoms with E-state index < -0.39 is 0 Å². The van der Waals surface area contributed by atoms with E-state index in [-0.39, 0.29) is 5.82 Å². The molecule has 0 amide bonds. The van der Waals surface area contributed by atoms with Crippen LogP contribution in [0.2, 0.25) is 0 Å². The van der Waals surface area contributed by atoms with E-state index in [9.17, 15) is 4.39 Å². The number of hydrogen-bond acceptors (Lipinski definition) is 1. The van der Waals surface area contributed by atoms with E-state index in [4.69, 9.17) is 0 Å². The number of nitrogens with one attached hydrogen (secondary N) is 1. The Morgan fingerprint density at radius 1 is 1.33 bits per heavy atom. The van der Waals surface area contributed by atoms with Crippen LogP contribution in [-0.2, 0) is 0 Å². The molecule has 0 aromatic heterocycles. The zero-order valence-electron chi connectivity index (χ0n) is 8.80. The maximum atomic E-state index is 13.4. The first-order chi connectivity index (χ1) is 7.34. The SMILES string of the molecule is Fc1cccc2c1NCC2CC1CCC1. The molecule has 1 unspecified atom stereocenters. The topological polar surface area (TPSA) is 12.0 Å². The van der Waals surface area contributed by atoms with Gasteiger partial charge in [-0.2, -0.15) is 0 Å². The van der Waals surface area contributed by atoms with Gasteiger partial charge in [0.15, 0.2) is 0 Å². The summed E-state index contributed by atoms with van der Waals surface area (Å²) in [6, 6.07) is 5.44. The van der Waals surface area contributed by atoms with Gasteiger partial charge in [-0.25, -0.2) is 4.39 Å². The van der Waals surface area contributed by atoms with Gasteiger partial charge in [-0.1, -0.05) is 31.4 Å². The van der Waals surface area contributed by atoms with Crippen LogP contribution in [0.4, 0.5) is 10.1 Å². The van der Waals surface area contributed by atoms with Crippen LogP contribution in [-0.4, -0.2) is 6.54 Å². The Balaban J connectivity index is 1.81. The van der Waals surface area contributed by atoms with Crippen molar-refractivity contribution in [2.24, 2.45) is 5.92 Å². The van der Waals surface area contributed by atoms with Crippen LogP contribution in [0, 0.1) is 11.7 Å². The maximum Gasteiger partial charge on any atom is 0.146 e. The third-order valence-corrected chi connectivity index (χ3v) is 3.85. The van der Waals surface area contributed by atoms with Gasteiger partial charge >= 0.3 is 0 Å². The zero-order chi connectivity index (χ0) is 10.3. The molecule has 1 atom stereocenters. The van der Waals surface area contributed by atoms with E-state index in [0.717, 1.165) is 18.2 Å². The summed E-state index contributed by atoms with van der Waals surface area (Å²) >= 11 is 0. The molecule has 0 radical (unpaired) electrons. The molecule has 2 aliphatic rings. The molecule has 2 heteroatoms. The van der Waals surface area contributed by atoms with Gasteiger partial charge in [0.25, 0.3) is 0 Å². The van der Waals surface area contributed by atoms with Crippen LogP contribution in [0.5, 0.6) is 0 Å². The Morgan fingerprint density at radius 2 is 2.20 bits per heavy atom. The largest absolute Gasteiger partial charge is 0.382 e. The third-order valence-electron chi connectivity index (χ3n) is 3.85. The second kappa shape index (κ2) is 3.51. The van der Waals surface area contributed by atoms with E-state index in [2.05, 4.69) is 11.4 Å². The van der Waals surface area contributed by atoms with Crippen molar-refractivity contribution in [3.63, 3.8) is 0 Å². The van der Waals surface area contributed by atoms with Crippen molar-refractivity contribution in [1.82, 2.24) is 0 Å². The Kier molecular flexibility index (Phi) is 2.15. The predicted molar refractivity (Wildman–Crippen MR) is 59.6 cm³/mol. The highest BCUT2D eigenvalue weighted by atomic mass is 19.1. The number of benzene rings is 1. The summed E-state index contributed by atoms with van der Waals surface area (Å²) in [4.78, 5) is 0.